The molecule has 31 heavy (non-hydrogen) atoms. The van der Waals surface area contributed by atoms with Gasteiger partial charge in [0.05, 0.1) is 12.9 Å². The molecule has 0 saturated carbocycles. The fourth-order valence-corrected chi connectivity index (χ4v) is 2.72. The van der Waals surface area contributed by atoms with E-state index < -0.39 is 10.2 Å². The predicted molar refractivity (Wildman–Crippen MR) is 94.4 cm³/mol. The van der Waals surface area contributed by atoms with Crippen molar-refractivity contribution in [3.05, 3.63) is 84.2 Å². The van der Waals surface area contributed by atoms with Crippen LogP contribution in [0, 0.1) is 16.1 Å². The fourth-order valence-electron chi connectivity index (χ4n) is 2.72. The zero-order valence-corrected chi connectivity index (χ0v) is 16.7. The molecule has 0 fully saturated rings. The molecule has 0 saturated heterocycles. The van der Waals surface area contributed by atoms with Crippen molar-refractivity contribution in [2.75, 3.05) is 5.73 Å². The van der Waals surface area contributed by atoms with Gasteiger partial charge in [0, 0.05) is 5.56 Å². The van der Waals surface area contributed by atoms with E-state index in [-0.39, 0.29) is 12.4 Å². The van der Waals surface area contributed by atoms with Crippen LogP contribution in [-0.2, 0) is 13.2 Å². The Kier molecular flexibility index (Phi) is 6.95. The van der Waals surface area contributed by atoms with Crippen LogP contribution in [0.1, 0.15) is 11.1 Å². The lowest BCUT2D eigenvalue weighted by Gasteiger charge is -2.17. The summed E-state index contributed by atoms with van der Waals surface area (Å²) in [5.74, 6) is -0.00833. The van der Waals surface area contributed by atoms with Crippen LogP contribution in [0.2, 0.25) is 0 Å². The topological polar surface area (TPSA) is 162 Å². The van der Waals surface area contributed by atoms with Gasteiger partial charge < -0.3 is 10.6 Å². The van der Waals surface area contributed by atoms with Crippen LogP contribution < -0.4 is 33.9 Å². The normalized spacial score (nSPS) is 11.1. The van der Waals surface area contributed by atoms with Crippen LogP contribution in [0.4, 0.5) is 10.2 Å². The van der Waals surface area contributed by atoms with E-state index in [0.717, 1.165) is 5.56 Å². The highest BCUT2D eigenvalue weighted by atomic mass is 35.7. The van der Waals surface area contributed by atoms with E-state index in [1.54, 1.807) is 24.5 Å². The number of anilines is 1. The Hall–Kier alpha value is -3.35. The first-order valence-corrected chi connectivity index (χ1v) is 9.99. The number of aromatic nitrogens is 4. The summed E-state index contributed by atoms with van der Waals surface area (Å²) in [5, 5.41) is 0. The van der Waals surface area contributed by atoms with Gasteiger partial charge in [-0.3, -0.25) is 4.57 Å². The summed E-state index contributed by atoms with van der Waals surface area (Å²) < 4.78 is 50.9. The number of imidazole rings is 1. The molecule has 2 aromatic heterocycles. The van der Waals surface area contributed by atoms with Gasteiger partial charge in [0.1, 0.15) is 5.82 Å². The smallest absolute Gasteiger partial charge is 0.289 e. The first kappa shape index (κ1) is 22.3. The molecule has 0 spiro atoms. The zero-order valence-electron chi connectivity index (χ0n) is 15.9. The molecule has 2 N–H and O–H groups in total. The van der Waals surface area contributed by atoms with E-state index in [1.165, 1.54) is 17.1 Å². The monoisotopic (exact) mass is 449 g/mol. The van der Waals surface area contributed by atoms with E-state index in [0.29, 0.717) is 29.1 Å². The summed E-state index contributed by atoms with van der Waals surface area (Å²) >= 11 is 0. The summed E-state index contributed by atoms with van der Waals surface area (Å²) in [6.07, 6.45) is 3.17. The van der Waals surface area contributed by atoms with Gasteiger partial charge in [-0.1, -0.05) is 58.2 Å². The van der Waals surface area contributed by atoms with Crippen LogP contribution in [0.5, 0.6) is 0 Å². The lowest BCUT2D eigenvalue weighted by atomic mass is 10.2. The summed E-state index contributed by atoms with van der Waals surface area (Å²) in [6, 6.07) is 16.5. The van der Waals surface area contributed by atoms with Gasteiger partial charge in [-0.2, -0.15) is 0 Å². The van der Waals surface area contributed by atoms with Crippen molar-refractivity contribution in [3.63, 3.8) is 0 Å². The van der Waals surface area contributed by atoms with Gasteiger partial charge in [-0.05, 0) is 11.6 Å². The van der Waals surface area contributed by atoms with Crippen LogP contribution in [-0.4, -0.2) is 14.5 Å². The molecule has 2 aromatic carbocycles. The van der Waals surface area contributed by atoms with Gasteiger partial charge in [-0.15, -0.1) is 10.2 Å². The third-order valence-corrected chi connectivity index (χ3v) is 4.09. The number of hydrogen-bond donors (Lipinski definition) is 1. The lowest BCUT2D eigenvalue weighted by Crippen LogP contribution is -2.68. The maximum atomic E-state index is 13.7. The van der Waals surface area contributed by atoms with Gasteiger partial charge >= 0.3 is 0 Å². The molecule has 0 aliphatic heterocycles. The molecule has 162 valence electrons. The minimum Gasteiger partial charge on any atom is -0.352 e. The van der Waals surface area contributed by atoms with Gasteiger partial charge in [0.2, 0.25) is 11.2 Å². The largest absolute Gasteiger partial charge is 0.352 e. The Morgan fingerprint density at radius 3 is 2.32 bits per heavy atom. The Labute approximate surface area is 177 Å². The van der Waals surface area contributed by atoms with Crippen molar-refractivity contribution < 1.29 is 42.8 Å². The van der Waals surface area contributed by atoms with Crippen molar-refractivity contribution in [1.82, 2.24) is 14.5 Å². The Morgan fingerprint density at radius 2 is 1.65 bits per heavy atom. The summed E-state index contributed by atoms with van der Waals surface area (Å²) in [5.41, 5.74) is 8.94. The summed E-state index contributed by atoms with van der Waals surface area (Å²) in [7, 11) is -4.94. The van der Waals surface area contributed by atoms with Gasteiger partial charge in [-0.25, -0.2) is 28.0 Å². The molecule has 0 bridgehead atoms. The maximum absolute atomic E-state index is 13.7. The molecule has 4 aromatic rings. The van der Waals surface area contributed by atoms with Crippen LogP contribution >= 0.6 is 0 Å². The number of nitrogen functional groups attached to an aromatic ring is 1. The van der Waals surface area contributed by atoms with E-state index in [4.69, 9.17) is 29.2 Å². The van der Waals surface area contributed by atoms with Crippen molar-refractivity contribution in [3.8, 4) is 0 Å². The average Bonchev–Trinajstić information content (AvgIpc) is 3.12. The summed E-state index contributed by atoms with van der Waals surface area (Å²) in [6.45, 7) is 0.684. The third-order valence-electron chi connectivity index (χ3n) is 4.09. The van der Waals surface area contributed by atoms with Crippen LogP contribution in [0.3, 0.4) is 0 Å². The molecule has 0 unspecified atom stereocenters. The highest BCUT2D eigenvalue weighted by Gasteiger charge is 2.18. The van der Waals surface area contributed by atoms with E-state index >= 15 is 0 Å². The van der Waals surface area contributed by atoms with Crippen molar-refractivity contribution in [2.24, 2.45) is 0 Å². The van der Waals surface area contributed by atoms with E-state index in [2.05, 4.69) is 9.97 Å². The lowest BCUT2D eigenvalue weighted by molar-refractivity contribution is -2.00. The Balaban J connectivity index is 0.000000491. The second-order valence-electron chi connectivity index (χ2n) is 6.23. The molecule has 2 heterocycles. The Morgan fingerprint density at radius 1 is 1.00 bits per heavy atom. The second kappa shape index (κ2) is 9.64. The standard InChI is InChI=1S/C19H16FN5O.ClHO4/c20-16-9-5-4-8-15(16)11-26-25-13-23-19-17(18(25)21)22-12-24(19)10-14-6-2-1-3-7-14;2-1(3,4)5/h1-9,12-13,21H,10-11H2;(H,2,3,4,5). The summed E-state index contributed by atoms with van der Waals surface area (Å²) in [4.78, 5) is 14.3. The number of nitrogens with two attached hydrogens (primary N) is 1. The van der Waals surface area contributed by atoms with Crippen molar-refractivity contribution in [2.45, 2.75) is 13.2 Å². The minimum absolute atomic E-state index is 0.0411. The molecule has 0 radical (unpaired) electrons. The number of rotatable bonds is 5. The molecule has 0 aliphatic rings. The number of halogens is 2. The van der Waals surface area contributed by atoms with E-state index in [1.807, 2.05) is 34.9 Å². The minimum atomic E-state index is -4.94. The third kappa shape index (κ3) is 6.31. The SMILES string of the molecule is Nc1c2ncn(Cc3ccccc3)c2nc[n+]1OCc1ccccc1F.[O-][Cl+3]([O-])([O-])[O-]. The number of fused-ring (bicyclic) bond motifs is 1. The predicted octanol–water partition coefficient (Wildman–Crippen LogP) is -2.64. The number of benzene rings is 2. The zero-order chi connectivity index (χ0) is 22.4. The van der Waals surface area contributed by atoms with Crippen molar-refractivity contribution in [1.29, 1.82) is 0 Å². The average molecular weight is 450 g/mol. The van der Waals surface area contributed by atoms with Crippen LogP contribution in [0.25, 0.3) is 11.2 Å². The number of hydrogen-bond acceptors (Lipinski definition) is 8. The Bertz CT molecular complexity index is 1150. The van der Waals surface area contributed by atoms with Crippen molar-refractivity contribution >= 4 is 17.0 Å². The second-order valence-corrected chi connectivity index (χ2v) is 6.98. The molecule has 0 aliphatic carbocycles. The molecule has 10 nitrogen and oxygen atoms in total. The molecule has 4 rings (SSSR count). The molecule has 12 heteroatoms. The number of nitrogens with zero attached hydrogens (tertiary/aromatic N) is 4. The quantitative estimate of drug-likeness (QED) is 0.323. The van der Waals surface area contributed by atoms with Gasteiger partial charge in [0.25, 0.3) is 12.1 Å². The highest BCUT2D eigenvalue weighted by Crippen LogP contribution is 2.15. The van der Waals surface area contributed by atoms with Crippen LogP contribution in [0.15, 0.2) is 67.3 Å². The first-order valence-electron chi connectivity index (χ1n) is 8.75. The van der Waals surface area contributed by atoms with E-state index in [9.17, 15) is 4.39 Å². The molecular weight excluding hydrogens is 433 g/mol. The molecule has 0 amide bonds. The first-order chi connectivity index (χ1) is 14.7. The molecule has 0 atom stereocenters. The molecular formula is C19H17ClFN5O5. The fraction of sp³-hybridized carbons (Fsp3) is 0.105. The maximum Gasteiger partial charge on any atom is 0.289 e. The highest BCUT2D eigenvalue weighted by molar-refractivity contribution is 5.79. The van der Waals surface area contributed by atoms with Gasteiger partial charge in [0.15, 0.2) is 6.61 Å².